The largest absolute Gasteiger partial charge is 0.391 e. The number of hydrogen-bond donors (Lipinski definition) is 5. The topological polar surface area (TPSA) is 206 Å². The van der Waals surface area contributed by atoms with Gasteiger partial charge in [0.25, 0.3) is 0 Å². The number of sulfonamides is 1. The number of unbranched alkanes of at least 4 members (excludes halogenated alkanes) is 5. The summed E-state index contributed by atoms with van der Waals surface area (Å²) in [6, 6.07) is 15.4. The highest BCUT2D eigenvalue weighted by Gasteiger charge is 2.44. The number of aliphatic hydroxyl groups excluding tert-OH is 1. The van der Waals surface area contributed by atoms with Gasteiger partial charge in [0, 0.05) is 70.2 Å². The van der Waals surface area contributed by atoms with Gasteiger partial charge in [-0.25, -0.2) is 18.2 Å². The van der Waals surface area contributed by atoms with Crippen LogP contribution in [0.1, 0.15) is 102 Å². The van der Waals surface area contributed by atoms with Crippen molar-refractivity contribution in [3.63, 3.8) is 0 Å². The lowest BCUT2D eigenvalue weighted by atomic mass is 9.85. The molecule has 5 N–H and O–H groups in total. The number of β-amino-alcohol motifs (C(OH)–C–C–N with tert-alkyl or cyclic N) is 1. The Hall–Kier alpha value is -5.27. The number of benzene rings is 2. The molecule has 16 nitrogen and oxygen atoms in total. The zero-order valence-corrected chi connectivity index (χ0v) is 41.0. The van der Waals surface area contributed by atoms with Crippen LogP contribution in [0.15, 0.2) is 83.5 Å². The van der Waals surface area contributed by atoms with Gasteiger partial charge in [-0.2, -0.15) is 4.31 Å². The normalized spacial score (nSPS) is 18.0. The summed E-state index contributed by atoms with van der Waals surface area (Å²) in [5, 5.41) is 22.1. The standard InChI is InChI=1S/C49H67N9O7S2/c1-34(37-15-17-38(18-16-37)44-35(2)52-33-66-44)53-46(61)42-29-40(59)32-58(42)47(62)45(49(3,4)5)55-43(60)14-10-8-6-7-9-11-24-56-25-27-57(28-26-56)67(64,65)41-21-19-39(20-22-41)54-48(63)51-31-36-13-12-23-50-30-36/h12-13,15-23,30,33-34,40,42,45,59H,6-11,14,24-29,31-32H2,1-5H3,(H,53,61)(H,55,60)(H2,51,54,63). The number of likely N-dealkylation sites (tertiary alicyclic amines) is 1. The molecule has 0 spiro atoms. The van der Waals surface area contributed by atoms with Gasteiger partial charge in [0.2, 0.25) is 27.7 Å². The lowest BCUT2D eigenvalue weighted by Crippen LogP contribution is -2.57. The van der Waals surface area contributed by atoms with Gasteiger partial charge >= 0.3 is 6.03 Å². The van der Waals surface area contributed by atoms with Gasteiger partial charge in [0.15, 0.2) is 0 Å². The minimum absolute atomic E-state index is 0.0156. The zero-order valence-electron chi connectivity index (χ0n) is 39.4. The van der Waals surface area contributed by atoms with E-state index in [0.717, 1.165) is 65.9 Å². The van der Waals surface area contributed by atoms with Gasteiger partial charge in [-0.15, -0.1) is 11.3 Å². The second kappa shape index (κ2) is 23.6. The predicted octanol–water partition coefficient (Wildman–Crippen LogP) is 6.24. The van der Waals surface area contributed by atoms with Crippen LogP contribution in [0.2, 0.25) is 0 Å². The molecule has 2 fully saturated rings. The number of piperazine rings is 1. The maximum absolute atomic E-state index is 14.1. The fourth-order valence-corrected chi connectivity index (χ4v) is 10.7. The highest BCUT2D eigenvalue weighted by Crippen LogP contribution is 2.30. The van der Waals surface area contributed by atoms with E-state index in [9.17, 15) is 32.7 Å². The van der Waals surface area contributed by atoms with Crippen molar-refractivity contribution in [1.29, 1.82) is 0 Å². The number of nitrogens with one attached hydrogen (secondary N) is 4. The molecule has 67 heavy (non-hydrogen) atoms. The Morgan fingerprint density at radius 2 is 1.58 bits per heavy atom. The Kier molecular flexibility index (Phi) is 18.0. The Morgan fingerprint density at radius 1 is 0.896 bits per heavy atom. The molecule has 4 unspecified atom stereocenters. The van der Waals surface area contributed by atoms with E-state index >= 15 is 0 Å². The van der Waals surface area contributed by atoms with Gasteiger partial charge in [0.1, 0.15) is 12.1 Å². The van der Waals surface area contributed by atoms with Crippen molar-refractivity contribution >= 4 is 50.8 Å². The smallest absolute Gasteiger partial charge is 0.319 e. The Bertz CT molecular complexity index is 2370. The monoisotopic (exact) mass is 957 g/mol. The van der Waals surface area contributed by atoms with E-state index < -0.39 is 39.7 Å². The molecule has 0 radical (unpaired) electrons. The van der Waals surface area contributed by atoms with Crippen LogP contribution in [-0.2, 0) is 31.0 Å². The quantitative estimate of drug-likeness (QED) is 0.0631. The second-order valence-electron chi connectivity index (χ2n) is 18.7. The van der Waals surface area contributed by atoms with Gasteiger partial charge in [-0.3, -0.25) is 19.4 Å². The van der Waals surface area contributed by atoms with Crippen molar-refractivity contribution in [2.24, 2.45) is 5.41 Å². The number of urea groups is 1. The summed E-state index contributed by atoms with van der Waals surface area (Å²) < 4.78 is 28.3. The number of hydrogen-bond acceptors (Lipinski definition) is 11. The van der Waals surface area contributed by atoms with Crippen LogP contribution in [0.3, 0.4) is 0 Å². The molecule has 6 rings (SSSR count). The fraction of sp³-hybridized carbons (Fsp3) is 0.510. The molecule has 0 bridgehead atoms. The van der Waals surface area contributed by atoms with Crippen molar-refractivity contribution in [3.8, 4) is 10.4 Å². The molecular weight excluding hydrogens is 891 g/mol. The summed E-state index contributed by atoms with van der Waals surface area (Å²) in [7, 11) is -3.67. The summed E-state index contributed by atoms with van der Waals surface area (Å²) in [4.78, 5) is 66.6. The molecule has 5 amide bonds. The first kappa shape index (κ1) is 51.1. The van der Waals surface area contributed by atoms with E-state index in [1.54, 1.807) is 41.9 Å². The number of amides is 5. The molecule has 2 aromatic heterocycles. The van der Waals surface area contributed by atoms with E-state index in [1.165, 1.54) is 21.3 Å². The van der Waals surface area contributed by atoms with Crippen molar-refractivity contribution in [2.45, 2.75) is 122 Å². The first-order valence-electron chi connectivity index (χ1n) is 23.3. The van der Waals surface area contributed by atoms with E-state index in [-0.39, 0.29) is 48.0 Å². The van der Waals surface area contributed by atoms with Gasteiger partial charge in [-0.1, -0.05) is 76.8 Å². The highest BCUT2D eigenvalue weighted by molar-refractivity contribution is 7.89. The number of thiazole rings is 1. The first-order chi connectivity index (χ1) is 32.0. The molecule has 2 aliphatic rings. The minimum Gasteiger partial charge on any atom is -0.391 e. The maximum atomic E-state index is 14.1. The number of anilines is 1. The molecule has 4 heterocycles. The third-order valence-corrected chi connectivity index (χ3v) is 15.3. The van der Waals surface area contributed by atoms with E-state index in [0.29, 0.717) is 44.8 Å². The van der Waals surface area contributed by atoms with Crippen molar-refractivity contribution in [1.82, 2.24) is 40.0 Å². The van der Waals surface area contributed by atoms with Gasteiger partial charge in [-0.05, 0) is 85.7 Å². The SMILES string of the molecule is Cc1ncsc1-c1ccc(C(C)NC(=O)C2CC(O)CN2C(=O)C(NC(=O)CCCCCCCCN2CCN(S(=O)(=O)c3ccc(NC(=O)NCc4cccnc4)cc3)CC2)C(C)(C)C)cc1. The number of carbonyl (C=O) groups is 4. The Morgan fingerprint density at radius 3 is 2.22 bits per heavy atom. The molecule has 18 heteroatoms. The summed E-state index contributed by atoms with van der Waals surface area (Å²) in [5.41, 5.74) is 5.47. The maximum Gasteiger partial charge on any atom is 0.319 e. The third kappa shape index (κ3) is 14.4. The van der Waals surface area contributed by atoms with Crippen LogP contribution in [0.5, 0.6) is 0 Å². The summed E-state index contributed by atoms with van der Waals surface area (Å²) in [6.45, 7) is 12.9. The predicted molar refractivity (Wildman–Crippen MR) is 260 cm³/mol. The van der Waals surface area contributed by atoms with Crippen molar-refractivity contribution in [3.05, 3.63) is 95.4 Å². The van der Waals surface area contributed by atoms with Gasteiger partial charge < -0.3 is 36.2 Å². The van der Waals surface area contributed by atoms with Crippen LogP contribution in [0.25, 0.3) is 10.4 Å². The van der Waals surface area contributed by atoms with Crippen molar-refractivity contribution in [2.75, 3.05) is 44.6 Å². The second-order valence-corrected chi connectivity index (χ2v) is 21.5. The number of carbonyl (C=O) groups excluding carboxylic acids is 4. The molecule has 0 aliphatic carbocycles. The van der Waals surface area contributed by atoms with Crippen LogP contribution in [0, 0.1) is 12.3 Å². The Balaban J connectivity index is 0.854. The lowest BCUT2D eigenvalue weighted by molar-refractivity contribution is -0.144. The molecule has 2 aliphatic heterocycles. The summed E-state index contributed by atoms with van der Waals surface area (Å²) in [6.07, 6.45) is 8.47. The molecule has 4 aromatic rings. The summed E-state index contributed by atoms with van der Waals surface area (Å²) >= 11 is 1.58. The third-order valence-electron chi connectivity index (χ3n) is 12.4. The highest BCUT2D eigenvalue weighted by atomic mass is 32.2. The molecule has 362 valence electrons. The van der Waals surface area contributed by atoms with Crippen LogP contribution < -0.4 is 21.3 Å². The number of aliphatic hydroxyl groups is 1. The van der Waals surface area contributed by atoms with Gasteiger partial charge in [0.05, 0.1) is 33.1 Å². The zero-order chi connectivity index (χ0) is 48.1. The van der Waals surface area contributed by atoms with Crippen LogP contribution >= 0.6 is 11.3 Å². The van der Waals surface area contributed by atoms with E-state index in [1.807, 2.05) is 70.5 Å². The summed E-state index contributed by atoms with van der Waals surface area (Å²) in [5.74, 6) is -0.937. The number of aromatic nitrogens is 2. The number of pyridine rings is 1. The molecule has 2 aromatic carbocycles. The lowest BCUT2D eigenvalue weighted by Gasteiger charge is -2.35. The minimum atomic E-state index is -3.67. The fourth-order valence-electron chi connectivity index (χ4n) is 8.49. The number of nitrogens with zero attached hydrogens (tertiary/aromatic N) is 5. The average Bonchev–Trinajstić information content (AvgIpc) is 3.93. The van der Waals surface area contributed by atoms with E-state index in [4.69, 9.17) is 0 Å². The molecular formula is C49H67N9O7S2. The molecule has 2 saturated heterocycles. The molecule has 4 atom stereocenters. The number of aryl methyl sites for hydroxylation is 1. The average molecular weight is 958 g/mol. The molecule has 0 saturated carbocycles. The Labute approximate surface area is 399 Å². The van der Waals surface area contributed by atoms with E-state index in [2.05, 4.69) is 36.1 Å². The van der Waals surface area contributed by atoms with Crippen molar-refractivity contribution < 1.29 is 32.7 Å². The first-order valence-corrected chi connectivity index (χ1v) is 25.7. The number of rotatable bonds is 20. The van der Waals surface area contributed by atoms with Crippen LogP contribution in [0.4, 0.5) is 10.5 Å². The van der Waals surface area contributed by atoms with Crippen LogP contribution in [-0.4, -0.2) is 119 Å².